The molecule has 0 spiro atoms. The molecule has 1 rings (SSSR count). The Morgan fingerprint density at radius 3 is 2.50 bits per heavy atom. The first-order valence-electron chi connectivity index (χ1n) is 4.26. The van der Waals surface area contributed by atoms with Crippen molar-refractivity contribution in [3.8, 4) is 0 Å². The number of ether oxygens (including phenoxy) is 1. The van der Waals surface area contributed by atoms with Crippen LogP contribution in [0.15, 0.2) is 43.0 Å². The monoisotopic (exact) mass is 191 g/mol. The van der Waals surface area contributed by atoms with Gasteiger partial charge in [0, 0.05) is 0 Å². The van der Waals surface area contributed by atoms with Crippen LogP contribution in [-0.4, -0.2) is 6.09 Å². The number of carbonyl (C=O) groups is 1. The van der Waals surface area contributed by atoms with Crippen molar-refractivity contribution in [2.24, 2.45) is 5.73 Å². The van der Waals surface area contributed by atoms with Gasteiger partial charge in [-0.3, -0.25) is 0 Å². The molecule has 14 heavy (non-hydrogen) atoms. The Balaban J connectivity index is 3.01. The van der Waals surface area contributed by atoms with Crippen molar-refractivity contribution >= 4 is 6.09 Å². The molecule has 1 unspecified atom stereocenters. The molecule has 0 saturated carbocycles. The van der Waals surface area contributed by atoms with Gasteiger partial charge in [-0.25, -0.2) is 4.79 Å². The lowest BCUT2D eigenvalue weighted by atomic mass is 9.96. The minimum Gasteiger partial charge on any atom is -0.434 e. The number of primary amides is 1. The molecule has 0 aliphatic heterocycles. The lowest BCUT2D eigenvalue weighted by molar-refractivity contribution is 0.0656. The van der Waals surface area contributed by atoms with Crippen molar-refractivity contribution in [2.75, 3.05) is 0 Å². The van der Waals surface area contributed by atoms with Crippen molar-refractivity contribution in [2.45, 2.75) is 12.5 Å². The summed E-state index contributed by atoms with van der Waals surface area (Å²) in [6.45, 7) is 5.37. The molecule has 0 fully saturated rings. The van der Waals surface area contributed by atoms with Crippen molar-refractivity contribution in [3.05, 3.63) is 48.6 Å². The van der Waals surface area contributed by atoms with Gasteiger partial charge in [0.1, 0.15) is 0 Å². The largest absolute Gasteiger partial charge is 0.434 e. The maximum Gasteiger partial charge on any atom is 0.405 e. The maximum absolute atomic E-state index is 10.7. The molecule has 0 saturated heterocycles. The summed E-state index contributed by atoms with van der Waals surface area (Å²) in [7, 11) is 0. The molecule has 1 aromatic carbocycles. The van der Waals surface area contributed by atoms with E-state index in [1.807, 2.05) is 30.3 Å². The standard InChI is InChI=1S/C11H13NO2/c1-3-11(2,14-10(12)13)9-7-5-4-6-8-9/h3-8H,1H2,2H3,(H2,12,13). The highest BCUT2D eigenvalue weighted by molar-refractivity contribution is 5.65. The lowest BCUT2D eigenvalue weighted by Gasteiger charge is -2.25. The fraction of sp³-hybridized carbons (Fsp3) is 0.182. The van der Waals surface area contributed by atoms with Crippen LogP contribution in [-0.2, 0) is 10.3 Å². The number of hydrogen-bond donors (Lipinski definition) is 1. The zero-order chi connectivity index (χ0) is 10.6. The summed E-state index contributed by atoms with van der Waals surface area (Å²) in [6, 6.07) is 9.31. The van der Waals surface area contributed by atoms with E-state index in [0.29, 0.717) is 0 Å². The van der Waals surface area contributed by atoms with Crippen molar-refractivity contribution in [3.63, 3.8) is 0 Å². The van der Waals surface area contributed by atoms with Crippen LogP contribution in [0.2, 0.25) is 0 Å². The third-order valence-electron chi connectivity index (χ3n) is 2.05. The van der Waals surface area contributed by atoms with Gasteiger partial charge in [0.05, 0.1) is 0 Å². The Morgan fingerprint density at radius 2 is 2.07 bits per heavy atom. The summed E-state index contributed by atoms with van der Waals surface area (Å²) >= 11 is 0. The molecule has 74 valence electrons. The van der Waals surface area contributed by atoms with E-state index in [4.69, 9.17) is 10.5 Å². The Kier molecular flexibility index (Phi) is 2.92. The van der Waals surface area contributed by atoms with Crippen molar-refractivity contribution < 1.29 is 9.53 Å². The minimum atomic E-state index is -0.854. The molecule has 0 aliphatic carbocycles. The SMILES string of the molecule is C=CC(C)(OC(N)=O)c1ccccc1. The van der Waals surface area contributed by atoms with Crippen molar-refractivity contribution in [1.82, 2.24) is 0 Å². The van der Waals surface area contributed by atoms with Gasteiger partial charge in [0.25, 0.3) is 0 Å². The van der Waals surface area contributed by atoms with Crippen LogP contribution >= 0.6 is 0 Å². The zero-order valence-corrected chi connectivity index (χ0v) is 8.07. The number of amides is 1. The van der Waals surface area contributed by atoms with Gasteiger partial charge in [-0.2, -0.15) is 0 Å². The number of hydrogen-bond acceptors (Lipinski definition) is 2. The molecule has 1 aromatic rings. The third-order valence-corrected chi connectivity index (χ3v) is 2.05. The van der Waals surface area contributed by atoms with Gasteiger partial charge in [0.15, 0.2) is 5.60 Å². The number of benzene rings is 1. The van der Waals surface area contributed by atoms with E-state index in [1.54, 1.807) is 13.0 Å². The number of nitrogens with two attached hydrogens (primary N) is 1. The van der Waals surface area contributed by atoms with E-state index in [0.717, 1.165) is 5.56 Å². The topological polar surface area (TPSA) is 52.3 Å². The molecule has 0 aromatic heterocycles. The predicted octanol–water partition coefficient (Wildman–Crippen LogP) is 2.18. The highest BCUT2D eigenvalue weighted by atomic mass is 16.6. The number of carbonyl (C=O) groups excluding carboxylic acids is 1. The van der Waals surface area contributed by atoms with E-state index >= 15 is 0 Å². The quantitative estimate of drug-likeness (QED) is 0.744. The third kappa shape index (κ3) is 2.13. The first kappa shape index (κ1) is 10.3. The Labute approximate surface area is 83.2 Å². The summed E-state index contributed by atoms with van der Waals surface area (Å²) in [5, 5.41) is 0. The van der Waals surface area contributed by atoms with Crippen LogP contribution in [0.5, 0.6) is 0 Å². The van der Waals surface area contributed by atoms with Gasteiger partial charge in [0.2, 0.25) is 0 Å². The molecular formula is C11H13NO2. The molecule has 0 radical (unpaired) electrons. The Morgan fingerprint density at radius 1 is 1.50 bits per heavy atom. The smallest absolute Gasteiger partial charge is 0.405 e. The second kappa shape index (κ2) is 3.96. The first-order valence-corrected chi connectivity index (χ1v) is 4.26. The van der Waals surface area contributed by atoms with Gasteiger partial charge in [-0.05, 0) is 18.6 Å². The Hall–Kier alpha value is -1.77. The summed E-state index contributed by atoms with van der Waals surface area (Å²) in [6.07, 6.45) is 0.740. The average molecular weight is 191 g/mol. The second-order valence-electron chi connectivity index (χ2n) is 3.10. The zero-order valence-electron chi connectivity index (χ0n) is 8.07. The van der Waals surface area contributed by atoms with Crippen molar-refractivity contribution in [1.29, 1.82) is 0 Å². The van der Waals surface area contributed by atoms with Crippen LogP contribution < -0.4 is 5.73 Å². The molecule has 1 amide bonds. The van der Waals surface area contributed by atoms with Gasteiger partial charge in [-0.1, -0.05) is 36.9 Å². The van der Waals surface area contributed by atoms with E-state index in [2.05, 4.69) is 6.58 Å². The normalized spacial score (nSPS) is 14.1. The molecule has 0 heterocycles. The van der Waals surface area contributed by atoms with Gasteiger partial charge < -0.3 is 10.5 Å². The van der Waals surface area contributed by atoms with Gasteiger partial charge in [-0.15, -0.1) is 0 Å². The highest BCUT2D eigenvalue weighted by Gasteiger charge is 2.26. The molecule has 0 bridgehead atoms. The van der Waals surface area contributed by atoms with Gasteiger partial charge >= 0.3 is 6.09 Å². The lowest BCUT2D eigenvalue weighted by Crippen LogP contribution is -2.29. The fourth-order valence-corrected chi connectivity index (χ4v) is 1.20. The molecule has 2 N–H and O–H groups in total. The van der Waals surface area contributed by atoms with Crippen LogP contribution in [0.4, 0.5) is 4.79 Å². The molecular weight excluding hydrogens is 178 g/mol. The molecule has 3 heteroatoms. The summed E-state index contributed by atoms with van der Waals surface area (Å²) < 4.78 is 4.99. The fourth-order valence-electron chi connectivity index (χ4n) is 1.20. The van der Waals surface area contributed by atoms with E-state index in [-0.39, 0.29) is 0 Å². The maximum atomic E-state index is 10.7. The number of rotatable bonds is 3. The van der Waals surface area contributed by atoms with E-state index in [1.165, 1.54) is 0 Å². The highest BCUT2D eigenvalue weighted by Crippen LogP contribution is 2.25. The second-order valence-corrected chi connectivity index (χ2v) is 3.10. The predicted molar refractivity (Wildman–Crippen MR) is 54.7 cm³/mol. The van der Waals surface area contributed by atoms with Crippen LogP contribution in [0.25, 0.3) is 0 Å². The average Bonchev–Trinajstić information content (AvgIpc) is 2.18. The molecule has 0 aliphatic rings. The van der Waals surface area contributed by atoms with Crippen LogP contribution in [0.3, 0.4) is 0 Å². The summed E-state index contributed by atoms with van der Waals surface area (Å²) in [5.41, 5.74) is 4.97. The van der Waals surface area contributed by atoms with E-state index in [9.17, 15) is 4.79 Å². The molecule has 1 atom stereocenters. The Bertz CT molecular complexity index is 334. The molecule has 3 nitrogen and oxygen atoms in total. The van der Waals surface area contributed by atoms with Crippen LogP contribution in [0.1, 0.15) is 12.5 Å². The summed E-state index contributed by atoms with van der Waals surface area (Å²) in [5.74, 6) is 0. The first-order chi connectivity index (χ1) is 6.58. The van der Waals surface area contributed by atoms with Crippen LogP contribution in [0, 0.1) is 0 Å². The minimum absolute atomic E-state index is 0.809. The van der Waals surface area contributed by atoms with E-state index < -0.39 is 11.7 Å². The summed E-state index contributed by atoms with van der Waals surface area (Å²) in [4.78, 5) is 10.7.